The Bertz CT molecular complexity index is 876. The Labute approximate surface area is 134 Å². The quantitative estimate of drug-likeness (QED) is 0.776. The summed E-state index contributed by atoms with van der Waals surface area (Å²) in [7, 11) is 0. The van der Waals surface area contributed by atoms with E-state index in [1.54, 1.807) is 0 Å². The van der Waals surface area contributed by atoms with E-state index in [2.05, 4.69) is 5.32 Å². The molecular weight excluding hydrogens is 290 g/mol. The van der Waals surface area contributed by atoms with Gasteiger partial charge in [-0.2, -0.15) is 0 Å². The van der Waals surface area contributed by atoms with Gasteiger partial charge < -0.3 is 14.2 Å². The van der Waals surface area contributed by atoms with Crippen molar-refractivity contribution < 1.29 is 13.6 Å². The van der Waals surface area contributed by atoms with Gasteiger partial charge in [0, 0.05) is 11.3 Å². The molecule has 0 fully saturated rings. The highest BCUT2D eigenvalue weighted by Gasteiger charge is 2.54. The second-order valence-electron chi connectivity index (χ2n) is 6.07. The van der Waals surface area contributed by atoms with Crippen molar-refractivity contribution in [1.82, 2.24) is 0 Å². The second-order valence-corrected chi connectivity index (χ2v) is 6.07. The first-order chi connectivity index (χ1) is 11.0. The molecule has 0 unspecified atom stereocenters. The van der Waals surface area contributed by atoms with Crippen LogP contribution in [0.4, 0.5) is 5.69 Å². The second kappa shape index (κ2) is 4.62. The Morgan fingerprint density at radius 2 is 1.48 bits per heavy atom. The average Bonchev–Trinajstić information content (AvgIpc) is 3.18. The van der Waals surface area contributed by atoms with E-state index in [0.717, 1.165) is 28.3 Å². The SMILES string of the molecule is Cc1ccc2c(c1)C(c1ccc(C)o1)(c1ccc(C)o1)C(=O)N2. The lowest BCUT2D eigenvalue weighted by atomic mass is 9.76. The smallest absolute Gasteiger partial charge is 0.250 e. The number of rotatable bonds is 2. The third kappa shape index (κ3) is 1.81. The standard InChI is InChI=1S/C19H17NO3/c1-11-4-7-15-14(10-11)19(18(21)20-15,16-8-5-12(2)22-16)17-9-6-13(3)23-17/h4-10H,1-3H3,(H,20,21). The molecule has 3 heterocycles. The number of benzene rings is 1. The molecule has 1 N–H and O–H groups in total. The van der Waals surface area contributed by atoms with Crippen LogP contribution in [0.15, 0.2) is 51.3 Å². The normalized spacial score (nSPS) is 15.5. The zero-order chi connectivity index (χ0) is 16.2. The van der Waals surface area contributed by atoms with Crippen LogP contribution >= 0.6 is 0 Å². The first-order valence-electron chi connectivity index (χ1n) is 7.58. The maximum atomic E-state index is 13.1. The third-order valence-electron chi connectivity index (χ3n) is 4.39. The molecule has 116 valence electrons. The molecule has 0 saturated heterocycles. The number of amides is 1. The first kappa shape index (κ1) is 13.9. The number of nitrogens with one attached hydrogen (secondary N) is 1. The highest BCUT2D eigenvalue weighted by atomic mass is 16.4. The lowest BCUT2D eigenvalue weighted by molar-refractivity contribution is -0.119. The molecular formula is C19H17NO3. The van der Waals surface area contributed by atoms with Gasteiger partial charge in [-0.05, 0) is 51.1 Å². The van der Waals surface area contributed by atoms with E-state index in [1.807, 2.05) is 63.2 Å². The lowest BCUT2D eigenvalue weighted by Crippen LogP contribution is -2.36. The maximum absolute atomic E-state index is 13.1. The van der Waals surface area contributed by atoms with Gasteiger partial charge in [0.1, 0.15) is 23.0 Å². The minimum atomic E-state index is -1.08. The van der Waals surface area contributed by atoms with E-state index in [1.165, 1.54) is 0 Å². The Kier molecular flexibility index (Phi) is 2.79. The van der Waals surface area contributed by atoms with Gasteiger partial charge in [0.2, 0.25) is 0 Å². The summed E-state index contributed by atoms with van der Waals surface area (Å²) in [5, 5.41) is 2.97. The van der Waals surface area contributed by atoms with E-state index in [-0.39, 0.29) is 5.91 Å². The van der Waals surface area contributed by atoms with Gasteiger partial charge in [0.05, 0.1) is 0 Å². The average molecular weight is 307 g/mol. The largest absolute Gasteiger partial charge is 0.464 e. The van der Waals surface area contributed by atoms with Crippen LogP contribution in [0.25, 0.3) is 0 Å². The van der Waals surface area contributed by atoms with E-state index < -0.39 is 5.41 Å². The maximum Gasteiger partial charge on any atom is 0.250 e. The number of fused-ring (bicyclic) bond motifs is 1. The highest BCUT2D eigenvalue weighted by molar-refractivity contribution is 6.10. The molecule has 4 rings (SSSR count). The number of aryl methyl sites for hydroxylation is 3. The fourth-order valence-corrected chi connectivity index (χ4v) is 3.30. The molecule has 1 aliphatic rings. The Morgan fingerprint density at radius 1 is 0.870 bits per heavy atom. The minimum Gasteiger partial charge on any atom is -0.464 e. The molecule has 4 nitrogen and oxygen atoms in total. The summed E-state index contributed by atoms with van der Waals surface area (Å²) in [6.07, 6.45) is 0. The van der Waals surface area contributed by atoms with Crippen molar-refractivity contribution in [3.63, 3.8) is 0 Å². The molecule has 1 aliphatic heterocycles. The summed E-state index contributed by atoms with van der Waals surface area (Å²) in [6, 6.07) is 13.4. The summed E-state index contributed by atoms with van der Waals surface area (Å²) < 4.78 is 11.8. The molecule has 0 bridgehead atoms. The lowest BCUT2D eigenvalue weighted by Gasteiger charge is -2.23. The van der Waals surface area contributed by atoms with Crippen LogP contribution in [0, 0.1) is 20.8 Å². The van der Waals surface area contributed by atoms with Crippen LogP contribution in [-0.2, 0) is 10.2 Å². The van der Waals surface area contributed by atoms with Gasteiger partial charge in [0.25, 0.3) is 5.91 Å². The van der Waals surface area contributed by atoms with Gasteiger partial charge in [-0.15, -0.1) is 0 Å². The monoisotopic (exact) mass is 307 g/mol. The number of carbonyl (C=O) groups is 1. The summed E-state index contributed by atoms with van der Waals surface area (Å²) in [5.41, 5.74) is 1.66. The molecule has 0 spiro atoms. The predicted molar refractivity (Wildman–Crippen MR) is 86.6 cm³/mol. The van der Waals surface area contributed by atoms with Crippen molar-refractivity contribution in [1.29, 1.82) is 0 Å². The summed E-state index contributed by atoms with van der Waals surface area (Å²) in [5.74, 6) is 2.52. The van der Waals surface area contributed by atoms with Crippen LogP contribution in [0.2, 0.25) is 0 Å². The highest BCUT2D eigenvalue weighted by Crippen LogP contribution is 2.48. The summed E-state index contributed by atoms with van der Waals surface area (Å²) in [6.45, 7) is 5.75. The first-order valence-corrected chi connectivity index (χ1v) is 7.58. The van der Waals surface area contributed by atoms with Crippen molar-refractivity contribution in [3.8, 4) is 0 Å². The topological polar surface area (TPSA) is 55.4 Å². The van der Waals surface area contributed by atoms with Crippen LogP contribution in [0.1, 0.15) is 34.2 Å². The zero-order valence-corrected chi connectivity index (χ0v) is 13.3. The Balaban J connectivity index is 2.09. The van der Waals surface area contributed by atoms with Gasteiger partial charge in [-0.1, -0.05) is 17.7 Å². The molecule has 0 saturated carbocycles. The van der Waals surface area contributed by atoms with Crippen LogP contribution in [-0.4, -0.2) is 5.91 Å². The van der Waals surface area contributed by atoms with Crippen LogP contribution in [0.5, 0.6) is 0 Å². The number of furan rings is 2. The van der Waals surface area contributed by atoms with E-state index >= 15 is 0 Å². The van der Waals surface area contributed by atoms with Crippen molar-refractivity contribution >= 4 is 11.6 Å². The molecule has 1 aromatic carbocycles. The molecule has 0 radical (unpaired) electrons. The fraction of sp³-hybridized carbons (Fsp3) is 0.211. The molecule has 3 aromatic rings. The van der Waals surface area contributed by atoms with Crippen molar-refractivity contribution in [2.75, 3.05) is 5.32 Å². The van der Waals surface area contributed by atoms with Gasteiger partial charge in [0.15, 0.2) is 5.41 Å². The number of hydrogen-bond donors (Lipinski definition) is 1. The molecule has 2 aromatic heterocycles. The Hall–Kier alpha value is -2.75. The fourth-order valence-electron chi connectivity index (χ4n) is 3.30. The molecule has 23 heavy (non-hydrogen) atoms. The van der Waals surface area contributed by atoms with Gasteiger partial charge in [-0.25, -0.2) is 0 Å². The van der Waals surface area contributed by atoms with E-state index in [0.29, 0.717) is 11.5 Å². The molecule has 1 amide bonds. The van der Waals surface area contributed by atoms with Gasteiger partial charge >= 0.3 is 0 Å². The van der Waals surface area contributed by atoms with Gasteiger partial charge in [-0.3, -0.25) is 4.79 Å². The van der Waals surface area contributed by atoms with Crippen molar-refractivity contribution in [2.45, 2.75) is 26.2 Å². The number of carbonyl (C=O) groups excluding carboxylic acids is 1. The predicted octanol–water partition coefficient (Wildman–Crippen LogP) is 4.08. The van der Waals surface area contributed by atoms with Crippen LogP contribution in [0.3, 0.4) is 0 Å². The van der Waals surface area contributed by atoms with Crippen LogP contribution < -0.4 is 5.32 Å². The number of hydrogen-bond acceptors (Lipinski definition) is 3. The third-order valence-corrected chi connectivity index (χ3v) is 4.39. The van der Waals surface area contributed by atoms with E-state index in [9.17, 15) is 4.79 Å². The Morgan fingerprint density at radius 3 is 2.00 bits per heavy atom. The summed E-state index contributed by atoms with van der Waals surface area (Å²) >= 11 is 0. The summed E-state index contributed by atoms with van der Waals surface area (Å²) in [4.78, 5) is 13.1. The minimum absolute atomic E-state index is 0.151. The van der Waals surface area contributed by atoms with Crippen molar-refractivity contribution in [3.05, 3.63) is 76.6 Å². The number of anilines is 1. The van der Waals surface area contributed by atoms with Crippen molar-refractivity contribution in [2.24, 2.45) is 0 Å². The van der Waals surface area contributed by atoms with E-state index in [4.69, 9.17) is 8.83 Å². The molecule has 4 heteroatoms. The molecule has 0 aliphatic carbocycles. The zero-order valence-electron chi connectivity index (χ0n) is 13.3. The molecule has 0 atom stereocenters.